The summed E-state index contributed by atoms with van der Waals surface area (Å²) in [6.45, 7) is 15.4. The minimum atomic E-state index is -1.64. The summed E-state index contributed by atoms with van der Waals surface area (Å²) in [5, 5.41) is 0.177. The zero-order valence-corrected chi connectivity index (χ0v) is 24.9. The first-order chi connectivity index (χ1) is 18.1. The standard InChI is InChI=1S/C29H38N2O7S/c1-10-36-25(33)22-18(4)21-23(32)31(29(8,9)26(34)38-28(5,6)7)27(35)30(24(21)39-22)16-20(37-17(2)3)19-14-12-11-13-15-19/h11-15,17,20H,10,16H2,1-9H3/t20-/m0/s1. The van der Waals surface area contributed by atoms with Gasteiger partial charge in [0.15, 0.2) is 0 Å². The quantitative estimate of drug-likeness (QED) is 0.342. The van der Waals surface area contributed by atoms with Gasteiger partial charge in [-0.15, -0.1) is 11.3 Å². The van der Waals surface area contributed by atoms with E-state index >= 15 is 0 Å². The molecule has 0 bridgehead atoms. The number of thiophene rings is 1. The van der Waals surface area contributed by atoms with Gasteiger partial charge in [-0.3, -0.25) is 9.36 Å². The van der Waals surface area contributed by atoms with E-state index in [2.05, 4.69) is 0 Å². The maximum Gasteiger partial charge on any atom is 0.348 e. The molecule has 0 unspecified atom stereocenters. The van der Waals surface area contributed by atoms with Gasteiger partial charge in [0.2, 0.25) is 0 Å². The average Bonchev–Trinajstić information content (AvgIpc) is 3.17. The van der Waals surface area contributed by atoms with Crippen LogP contribution in [0.15, 0.2) is 39.9 Å². The minimum absolute atomic E-state index is 0.0461. The molecule has 0 amide bonds. The molecule has 1 atom stereocenters. The van der Waals surface area contributed by atoms with Crippen molar-refractivity contribution >= 4 is 33.5 Å². The Hall–Kier alpha value is -3.24. The molecular formula is C29H38N2O7S. The van der Waals surface area contributed by atoms with E-state index in [0.717, 1.165) is 21.5 Å². The van der Waals surface area contributed by atoms with Gasteiger partial charge in [0.25, 0.3) is 5.56 Å². The summed E-state index contributed by atoms with van der Waals surface area (Å²) in [6, 6.07) is 9.45. The zero-order chi connectivity index (χ0) is 29.3. The monoisotopic (exact) mass is 558 g/mol. The third-order valence-electron chi connectivity index (χ3n) is 6.09. The lowest BCUT2D eigenvalue weighted by Crippen LogP contribution is -2.54. The van der Waals surface area contributed by atoms with Gasteiger partial charge in [-0.25, -0.2) is 19.0 Å². The molecule has 39 heavy (non-hydrogen) atoms. The van der Waals surface area contributed by atoms with Crippen molar-refractivity contribution in [1.82, 2.24) is 9.13 Å². The normalized spacial score (nSPS) is 13.1. The molecule has 0 fully saturated rings. The molecule has 0 N–H and O–H groups in total. The third kappa shape index (κ3) is 6.33. The van der Waals surface area contributed by atoms with Crippen LogP contribution in [0.4, 0.5) is 0 Å². The number of aromatic nitrogens is 2. The van der Waals surface area contributed by atoms with Crippen LogP contribution in [0.5, 0.6) is 0 Å². The van der Waals surface area contributed by atoms with Crippen LogP contribution in [0.1, 0.15) is 82.3 Å². The number of aryl methyl sites for hydroxylation is 1. The van der Waals surface area contributed by atoms with Crippen LogP contribution in [0.2, 0.25) is 0 Å². The van der Waals surface area contributed by atoms with Gasteiger partial charge in [0.1, 0.15) is 27.0 Å². The molecule has 2 aromatic heterocycles. The first-order valence-corrected chi connectivity index (χ1v) is 13.8. The molecule has 0 saturated heterocycles. The van der Waals surface area contributed by atoms with Gasteiger partial charge in [0, 0.05) is 0 Å². The highest BCUT2D eigenvalue weighted by molar-refractivity contribution is 7.20. The van der Waals surface area contributed by atoms with Crippen LogP contribution < -0.4 is 11.2 Å². The van der Waals surface area contributed by atoms with Crippen molar-refractivity contribution in [2.45, 2.75) is 92.2 Å². The Bertz CT molecular complexity index is 1470. The van der Waals surface area contributed by atoms with E-state index in [0.29, 0.717) is 10.4 Å². The van der Waals surface area contributed by atoms with Crippen LogP contribution in [0, 0.1) is 6.92 Å². The number of nitrogens with zero attached hydrogens (tertiary/aromatic N) is 2. The van der Waals surface area contributed by atoms with Gasteiger partial charge in [-0.05, 0) is 73.4 Å². The molecule has 1 aromatic carbocycles. The first kappa shape index (κ1) is 30.3. The van der Waals surface area contributed by atoms with Crippen molar-refractivity contribution in [1.29, 1.82) is 0 Å². The molecule has 0 radical (unpaired) electrons. The number of carbonyl (C=O) groups is 2. The number of carbonyl (C=O) groups excluding carboxylic acids is 2. The lowest BCUT2D eigenvalue weighted by Gasteiger charge is -2.30. The Morgan fingerprint density at radius 2 is 1.64 bits per heavy atom. The lowest BCUT2D eigenvalue weighted by molar-refractivity contribution is -0.164. The highest BCUT2D eigenvalue weighted by Crippen LogP contribution is 2.31. The fraction of sp³-hybridized carbons (Fsp3) is 0.517. The van der Waals surface area contributed by atoms with Crippen molar-refractivity contribution in [3.8, 4) is 0 Å². The molecule has 0 spiro atoms. The largest absolute Gasteiger partial charge is 0.462 e. The molecule has 212 valence electrons. The Kier molecular flexibility index (Phi) is 8.92. The van der Waals surface area contributed by atoms with Crippen LogP contribution in [0.3, 0.4) is 0 Å². The Balaban J connectivity index is 2.37. The van der Waals surface area contributed by atoms with Crippen LogP contribution in [-0.4, -0.2) is 39.4 Å². The topological polar surface area (TPSA) is 106 Å². The summed E-state index contributed by atoms with van der Waals surface area (Å²) in [5.74, 6) is -1.30. The predicted molar refractivity (Wildman–Crippen MR) is 152 cm³/mol. The summed E-state index contributed by atoms with van der Waals surface area (Å²) >= 11 is 1.02. The number of hydrogen-bond donors (Lipinski definition) is 0. The van der Waals surface area contributed by atoms with E-state index < -0.39 is 40.4 Å². The number of hydrogen-bond acceptors (Lipinski definition) is 8. The van der Waals surface area contributed by atoms with Gasteiger partial charge >= 0.3 is 17.6 Å². The van der Waals surface area contributed by atoms with Gasteiger partial charge in [-0.1, -0.05) is 30.3 Å². The summed E-state index contributed by atoms with van der Waals surface area (Å²) in [6.07, 6.45) is -0.707. The second kappa shape index (κ2) is 11.5. The van der Waals surface area contributed by atoms with Crippen molar-refractivity contribution in [2.75, 3.05) is 6.61 Å². The first-order valence-electron chi connectivity index (χ1n) is 13.0. The highest BCUT2D eigenvalue weighted by Gasteiger charge is 2.39. The van der Waals surface area contributed by atoms with Gasteiger partial charge in [0.05, 0.1) is 24.6 Å². The Morgan fingerprint density at radius 3 is 2.18 bits per heavy atom. The number of rotatable bonds is 9. The predicted octanol–water partition coefficient (Wildman–Crippen LogP) is 4.95. The number of fused-ring (bicyclic) bond motifs is 1. The van der Waals surface area contributed by atoms with Crippen molar-refractivity contribution in [2.24, 2.45) is 0 Å². The Labute approximate surface area is 232 Å². The molecule has 10 heteroatoms. The number of ether oxygens (including phenoxy) is 3. The lowest BCUT2D eigenvalue weighted by atomic mass is 10.0. The maximum atomic E-state index is 14.1. The maximum absolute atomic E-state index is 14.1. The SMILES string of the molecule is CCOC(=O)c1sc2c(c1C)c(=O)n(C(C)(C)C(=O)OC(C)(C)C)c(=O)n2C[C@H](OC(C)C)c1ccccc1. The second-order valence-electron chi connectivity index (χ2n) is 11.1. The van der Waals surface area contributed by atoms with E-state index in [-0.39, 0.29) is 29.5 Å². The van der Waals surface area contributed by atoms with Crippen LogP contribution in [0.25, 0.3) is 10.2 Å². The second-order valence-corrected chi connectivity index (χ2v) is 12.1. The molecule has 0 aliphatic rings. The summed E-state index contributed by atoms with van der Waals surface area (Å²) in [7, 11) is 0. The summed E-state index contributed by atoms with van der Waals surface area (Å²) in [4.78, 5) is 54.7. The molecule has 0 saturated carbocycles. The number of benzene rings is 1. The zero-order valence-electron chi connectivity index (χ0n) is 24.1. The highest BCUT2D eigenvalue weighted by atomic mass is 32.1. The fourth-order valence-electron chi connectivity index (χ4n) is 4.28. The van der Waals surface area contributed by atoms with Crippen LogP contribution >= 0.6 is 11.3 Å². The molecule has 3 rings (SSSR count). The molecule has 2 heterocycles. The van der Waals surface area contributed by atoms with Crippen molar-refractivity contribution in [3.63, 3.8) is 0 Å². The average molecular weight is 559 g/mol. The van der Waals surface area contributed by atoms with Crippen molar-refractivity contribution in [3.05, 3.63) is 67.2 Å². The van der Waals surface area contributed by atoms with Gasteiger partial charge < -0.3 is 14.2 Å². The molecular weight excluding hydrogens is 520 g/mol. The summed E-state index contributed by atoms with van der Waals surface area (Å²) in [5.41, 5.74) is -2.62. The van der Waals surface area contributed by atoms with Crippen LogP contribution in [-0.2, 0) is 31.1 Å². The van der Waals surface area contributed by atoms with Crippen molar-refractivity contribution < 1.29 is 23.8 Å². The fourth-order valence-corrected chi connectivity index (χ4v) is 5.47. The smallest absolute Gasteiger partial charge is 0.348 e. The van der Waals surface area contributed by atoms with E-state index in [1.54, 1.807) is 34.6 Å². The molecule has 0 aliphatic carbocycles. The Morgan fingerprint density at radius 1 is 1.03 bits per heavy atom. The molecule has 3 aromatic rings. The minimum Gasteiger partial charge on any atom is -0.462 e. The molecule has 0 aliphatic heterocycles. The van der Waals surface area contributed by atoms with E-state index in [4.69, 9.17) is 14.2 Å². The number of esters is 2. The van der Waals surface area contributed by atoms with Gasteiger partial charge in [-0.2, -0.15) is 0 Å². The van der Waals surface area contributed by atoms with E-state index in [1.807, 2.05) is 44.2 Å². The third-order valence-corrected chi connectivity index (χ3v) is 7.38. The summed E-state index contributed by atoms with van der Waals surface area (Å²) < 4.78 is 19.4. The molecule has 9 nitrogen and oxygen atoms in total. The van der Waals surface area contributed by atoms with E-state index in [9.17, 15) is 19.2 Å². The van der Waals surface area contributed by atoms with E-state index in [1.165, 1.54) is 18.4 Å².